The SMILES string of the molecule is O=S(=O)(O)[NH2+]S. The molecule has 0 bridgehead atoms. The van der Waals surface area contributed by atoms with E-state index in [1.807, 2.05) is 0 Å². The molecule has 0 heterocycles. The van der Waals surface area contributed by atoms with Crippen molar-refractivity contribution in [3.63, 3.8) is 0 Å². The van der Waals surface area contributed by atoms with Crippen molar-refractivity contribution >= 4 is 23.1 Å². The Labute approximate surface area is 41.0 Å². The first-order valence-corrected chi connectivity index (χ1v) is 3.03. The molecule has 0 aromatic rings. The normalized spacial score (nSPS) is 11.7. The molecule has 0 radical (unpaired) electrons. The highest BCUT2D eigenvalue weighted by molar-refractivity contribution is 7.88. The Balaban J connectivity index is 3.85. The largest absolute Gasteiger partial charge is 0.440 e. The summed E-state index contributed by atoms with van der Waals surface area (Å²) in [5.41, 5.74) is 0. The Kier molecular flexibility index (Phi) is 1.85. The summed E-state index contributed by atoms with van der Waals surface area (Å²) < 4.78 is 26.9. The van der Waals surface area contributed by atoms with Crippen LogP contribution in [0, 0.1) is 0 Å². The van der Waals surface area contributed by atoms with Crippen LogP contribution in [0.4, 0.5) is 0 Å². The first-order valence-electron chi connectivity index (χ1n) is 1.01. The monoisotopic (exact) mass is 130 g/mol. The maximum absolute atomic E-state index is 9.42. The average molecular weight is 130 g/mol. The average Bonchev–Trinajstić information content (AvgIpc) is 1.35. The van der Waals surface area contributed by atoms with Gasteiger partial charge in [-0.2, -0.15) is 4.13 Å². The highest BCUT2D eigenvalue weighted by Crippen LogP contribution is 1.52. The lowest BCUT2D eigenvalue weighted by molar-refractivity contribution is -0.297. The maximum Gasteiger partial charge on any atom is 0.440 e. The predicted octanol–water partition coefficient (Wildman–Crippen LogP) is -1.80. The second-order valence-electron chi connectivity index (χ2n) is 0.620. The highest BCUT2D eigenvalue weighted by Gasteiger charge is 1.98. The van der Waals surface area contributed by atoms with Crippen molar-refractivity contribution in [2.75, 3.05) is 0 Å². The van der Waals surface area contributed by atoms with Crippen molar-refractivity contribution < 1.29 is 17.1 Å². The van der Waals surface area contributed by atoms with E-state index in [1.165, 1.54) is 0 Å². The summed E-state index contributed by atoms with van der Waals surface area (Å²) in [6.45, 7) is 0. The van der Waals surface area contributed by atoms with Gasteiger partial charge in [-0.05, 0) is 0 Å². The van der Waals surface area contributed by atoms with E-state index in [0.717, 1.165) is 0 Å². The molecule has 0 unspecified atom stereocenters. The molecule has 0 aromatic heterocycles. The lowest BCUT2D eigenvalue weighted by Gasteiger charge is -1.77. The number of quaternary nitrogens is 1. The van der Waals surface area contributed by atoms with Gasteiger partial charge in [0.15, 0.2) is 0 Å². The number of nitrogens with two attached hydrogens (primary N) is 1. The molecule has 0 atom stereocenters. The van der Waals surface area contributed by atoms with Crippen molar-refractivity contribution in [1.29, 1.82) is 0 Å². The lowest BCUT2D eigenvalue weighted by Crippen LogP contribution is -2.76. The van der Waals surface area contributed by atoms with E-state index in [2.05, 4.69) is 12.8 Å². The van der Waals surface area contributed by atoms with Gasteiger partial charge in [-0.25, -0.2) is 4.55 Å². The molecule has 0 amide bonds. The van der Waals surface area contributed by atoms with E-state index in [1.54, 1.807) is 0 Å². The number of hydrogen-bond acceptors (Lipinski definition) is 3. The molecule has 3 N–H and O–H groups in total. The summed E-state index contributed by atoms with van der Waals surface area (Å²) >= 11 is 3.14. The molecule has 0 aromatic carbocycles. The third-order valence-corrected chi connectivity index (χ3v) is 1.20. The second-order valence-corrected chi connectivity index (χ2v) is 2.49. The fraction of sp³-hybridized carbons (Fsp3) is 0. The van der Waals surface area contributed by atoms with E-state index in [9.17, 15) is 8.42 Å². The van der Waals surface area contributed by atoms with Crippen LogP contribution in [0.15, 0.2) is 0 Å². The molecule has 6 heavy (non-hydrogen) atoms. The molecule has 6 heteroatoms. The quantitative estimate of drug-likeness (QED) is 0.289. The molecule has 0 aliphatic rings. The molecular formula is H4NO3S2+. The molecule has 0 spiro atoms. The summed E-state index contributed by atoms with van der Waals surface area (Å²) in [6.07, 6.45) is 0. The van der Waals surface area contributed by atoms with Gasteiger partial charge in [-0.1, -0.05) is 0 Å². The minimum Gasteiger partial charge on any atom is -0.241 e. The second kappa shape index (κ2) is 1.78. The zero-order valence-electron chi connectivity index (χ0n) is 2.70. The van der Waals surface area contributed by atoms with Gasteiger partial charge in [0.2, 0.25) is 0 Å². The number of thiol groups is 1. The fourth-order valence-corrected chi connectivity index (χ4v) is 0. The van der Waals surface area contributed by atoms with E-state index in [-0.39, 0.29) is 0 Å². The van der Waals surface area contributed by atoms with E-state index >= 15 is 0 Å². The van der Waals surface area contributed by atoms with Gasteiger partial charge in [-0.3, -0.25) is 0 Å². The zero-order chi connectivity index (χ0) is 5.21. The van der Waals surface area contributed by atoms with Crippen LogP contribution >= 0.6 is 12.8 Å². The lowest BCUT2D eigenvalue weighted by atomic mass is 13.9. The maximum atomic E-state index is 9.42. The van der Waals surface area contributed by atoms with Crippen molar-refractivity contribution in [3.8, 4) is 0 Å². The minimum absolute atomic E-state index is 0.410. The molecular weight excluding hydrogens is 126 g/mol. The number of hydrogen-bond donors (Lipinski definition) is 3. The molecule has 0 saturated carbocycles. The van der Waals surface area contributed by atoms with Gasteiger partial charge in [-0.15, -0.1) is 8.42 Å². The highest BCUT2D eigenvalue weighted by atomic mass is 32.3. The summed E-state index contributed by atoms with van der Waals surface area (Å²) in [4.78, 5) is 0. The smallest absolute Gasteiger partial charge is 0.241 e. The first-order chi connectivity index (χ1) is 2.56. The molecule has 0 rings (SSSR count). The van der Waals surface area contributed by atoms with E-state index in [0.29, 0.717) is 4.13 Å². The molecule has 0 fully saturated rings. The zero-order valence-corrected chi connectivity index (χ0v) is 4.41. The third-order valence-electron chi connectivity index (χ3n) is 0.133. The van der Waals surface area contributed by atoms with Crippen LogP contribution in [0.1, 0.15) is 0 Å². The summed E-state index contributed by atoms with van der Waals surface area (Å²) in [5, 5.41) is 0. The predicted molar refractivity (Wildman–Crippen MR) is 22.5 cm³/mol. The van der Waals surface area contributed by atoms with Crippen LogP contribution < -0.4 is 4.13 Å². The van der Waals surface area contributed by atoms with Gasteiger partial charge < -0.3 is 0 Å². The summed E-state index contributed by atoms with van der Waals surface area (Å²) in [6, 6.07) is 0. The standard InChI is InChI=1S/H3NO3S2/c2-6(3,4)1-5/h1,5H,(H,2,3,4)/p+1. The summed E-state index contributed by atoms with van der Waals surface area (Å²) in [7, 11) is -3.92. The summed E-state index contributed by atoms with van der Waals surface area (Å²) in [5.74, 6) is 0. The Hall–Kier alpha value is 0.220. The Morgan fingerprint density at radius 2 is 1.83 bits per heavy atom. The van der Waals surface area contributed by atoms with Crippen LogP contribution in [0.5, 0.6) is 0 Å². The van der Waals surface area contributed by atoms with Gasteiger partial charge in [0.1, 0.15) is 0 Å². The van der Waals surface area contributed by atoms with Gasteiger partial charge in [0.25, 0.3) is 0 Å². The Bertz CT molecular complexity index is 111. The minimum atomic E-state index is -3.92. The molecule has 0 aliphatic carbocycles. The first kappa shape index (κ1) is 6.22. The molecule has 0 aliphatic heterocycles. The van der Waals surface area contributed by atoms with Crippen LogP contribution in [0.3, 0.4) is 0 Å². The van der Waals surface area contributed by atoms with Crippen molar-refractivity contribution in [3.05, 3.63) is 0 Å². The van der Waals surface area contributed by atoms with Crippen LogP contribution in [0.2, 0.25) is 0 Å². The van der Waals surface area contributed by atoms with Gasteiger partial charge in [0.05, 0.1) is 12.8 Å². The van der Waals surface area contributed by atoms with Crippen LogP contribution in [-0.4, -0.2) is 13.0 Å². The van der Waals surface area contributed by atoms with E-state index < -0.39 is 10.3 Å². The van der Waals surface area contributed by atoms with Crippen LogP contribution in [-0.2, 0) is 10.3 Å². The third kappa shape index (κ3) is 4.22. The van der Waals surface area contributed by atoms with Crippen LogP contribution in [0.25, 0.3) is 0 Å². The Morgan fingerprint density at radius 3 is 1.83 bits per heavy atom. The van der Waals surface area contributed by atoms with Crippen molar-refractivity contribution in [2.45, 2.75) is 0 Å². The van der Waals surface area contributed by atoms with Crippen molar-refractivity contribution in [2.24, 2.45) is 0 Å². The van der Waals surface area contributed by atoms with Gasteiger partial charge >= 0.3 is 10.3 Å². The topological polar surface area (TPSA) is 71.0 Å². The number of rotatable bonds is 1. The Morgan fingerprint density at radius 1 is 1.67 bits per heavy atom. The molecule has 0 saturated heterocycles. The van der Waals surface area contributed by atoms with Gasteiger partial charge in [0, 0.05) is 0 Å². The fourth-order valence-electron chi connectivity index (χ4n) is 0. The van der Waals surface area contributed by atoms with E-state index in [4.69, 9.17) is 4.55 Å². The van der Waals surface area contributed by atoms with Crippen molar-refractivity contribution in [1.82, 2.24) is 0 Å². The molecule has 38 valence electrons. The molecule has 4 nitrogen and oxygen atoms in total.